The molecule has 1 aromatic heterocycles. The van der Waals surface area contributed by atoms with Gasteiger partial charge in [-0.2, -0.15) is 0 Å². The van der Waals surface area contributed by atoms with E-state index in [1.165, 1.54) is 35.4 Å². The van der Waals surface area contributed by atoms with Gasteiger partial charge in [0.15, 0.2) is 5.13 Å². The number of nitrogens with one attached hydrogen (secondary N) is 1. The van der Waals surface area contributed by atoms with Gasteiger partial charge in [-0.25, -0.2) is 9.37 Å². The van der Waals surface area contributed by atoms with Crippen LogP contribution in [-0.4, -0.2) is 35.3 Å². The van der Waals surface area contributed by atoms with E-state index in [1.54, 1.807) is 17.5 Å². The Labute approximate surface area is 124 Å². The number of anilines is 2. The molecule has 21 heavy (non-hydrogen) atoms. The number of rotatable bonds is 5. The number of likely N-dealkylation sites (N-methyl/N-ethyl adjacent to an activating group) is 1. The lowest BCUT2D eigenvalue weighted by atomic mass is 10.3. The number of amides is 2. The van der Waals surface area contributed by atoms with Gasteiger partial charge in [0.25, 0.3) is 5.91 Å². The van der Waals surface area contributed by atoms with Crippen LogP contribution in [0.4, 0.5) is 15.2 Å². The summed E-state index contributed by atoms with van der Waals surface area (Å²) >= 11 is 1.23. The maximum absolute atomic E-state index is 12.8. The van der Waals surface area contributed by atoms with Gasteiger partial charge in [-0.15, -0.1) is 11.3 Å². The maximum atomic E-state index is 12.8. The lowest BCUT2D eigenvalue weighted by Crippen LogP contribution is -2.35. The van der Waals surface area contributed by atoms with Crippen molar-refractivity contribution in [3.63, 3.8) is 0 Å². The fourth-order valence-electron chi connectivity index (χ4n) is 1.59. The molecule has 0 aliphatic carbocycles. The zero-order valence-corrected chi connectivity index (χ0v) is 12.0. The van der Waals surface area contributed by atoms with Crippen LogP contribution in [-0.2, 0) is 4.79 Å². The number of carbonyl (C=O) groups is 2. The van der Waals surface area contributed by atoms with E-state index in [9.17, 15) is 14.0 Å². The van der Waals surface area contributed by atoms with Crippen LogP contribution >= 0.6 is 11.3 Å². The molecule has 0 bridgehead atoms. The summed E-state index contributed by atoms with van der Waals surface area (Å²) in [4.78, 5) is 28.1. The highest BCUT2D eigenvalue weighted by atomic mass is 32.1. The van der Waals surface area contributed by atoms with Crippen molar-refractivity contribution in [2.24, 2.45) is 5.73 Å². The van der Waals surface area contributed by atoms with Crippen LogP contribution in [0.5, 0.6) is 0 Å². The minimum Gasteiger partial charge on any atom is -0.368 e. The number of primary amides is 1. The molecular formula is C13H13FN4O2S. The van der Waals surface area contributed by atoms with Crippen molar-refractivity contribution in [3.8, 4) is 0 Å². The fourth-order valence-corrected chi connectivity index (χ4v) is 2.29. The second-order valence-corrected chi connectivity index (χ2v) is 5.16. The predicted octanol–water partition coefficient (Wildman–Crippen LogP) is 1.58. The number of hydrogen-bond donors (Lipinski definition) is 2. The number of nitrogens with two attached hydrogens (primary N) is 1. The molecule has 8 heteroatoms. The number of carbonyl (C=O) groups excluding carboxylic acids is 2. The summed E-state index contributed by atoms with van der Waals surface area (Å²) in [6.45, 7) is -0.170. The minimum atomic E-state index is -0.592. The van der Waals surface area contributed by atoms with E-state index >= 15 is 0 Å². The quantitative estimate of drug-likeness (QED) is 0.878. The number of thiazole rings is 1. The first-order valence-electron chi connectivity index (χ1n) is 5.97. The second kappa shape index (κ2) is 6.31. The SMILES string of the molecule is CN(CC(N)=O)C(=O)c1csc(Nc2ccc(F)cc2)n1. The van der Waals surface area contributed by atoms with Gasteiger partial charge in [-0.1, -0.05) is 0 Å². The maximum Gasteiger partial charge on any atom is 0.273 e. The molecule has 2 amide bonds. The molecule has 3 N–H and O–H groups in total. The van der Waals surface area contributed by atoms with E-state index in [0.29, 0.717) is 10.8 Å². The summed E-state index contributed by atoms with van der Waals surface area (Å²) in [5.41, 5.74) is 5.91. The van der Waals surface area contributed by atoms with E-state index in [-0.39, 0.29) is 18.1 Å². The van der Waals surface area contributed by atoms with Crippen molar-refractivity contribution in [2.45, 2.75) is 0 Å². The van der Waals surface area contributed by atoms with Crippen LogP contribution in [0.1, 0.15) is 10.5 Å². The molecule has 1 aromatic carbocycles. The van der Waals surface area contributed by atoms with E-state index in [0.717, 1.165) is 0 Å². The molecule has 0 radical (unpaired) electrons. The number of halogens is 1. The third-order valence-electron chi connectivity index (χ3n) is 2.56. The smallest absolute Gasteiger partial charge is 0.273 e. The van der Waals surface area contributed by atoms with Crippen molar-refractivity contribution in [2.75, 3.05) is 18.9 Å². The third-order valence-corrected chi connectivity index (χ3v) is 3.32. The standard InChI is InChI=1S/C13H13FN4O2S/c1-18(6-11(15)19)12(20)10-7-21-13(17-10)16-9-4-2-8(14)3-5-9/h2-5,7H,6H2,1H3,(H2,15,19)(H,16,17). The Bertz CT molecular complexity index is 656. The molecule has 0 unspecified atom stereocenters. The first-order valence-corrected chi connectivity index (χ1v) is 6.85. The van der Waals surface area contributed by atoms with Gasteiger partial charge in [-0.3, -0.25) is 9.59 Å². The summed E-state index contributed by atoms with van der Waals surface area (Å²) in [6, 6.07) is 5.78. The molecule has 0 spiro atoms. The molecule has 2 aromatic rings. The molecule has 0 saturated heterocycles. The molecule has 0 fully saturated rings. The minimum absolute atomic E-state index is 0.170. The molecule has 0 aliphatic heterocycles. The Morgan fingerprint density at radius 2 is 2.05 bits per heavy atom. The molecule has 0 saturated carbocycles. The zero-order valence-electron chi connectivity index (χ0n) is 11.2. The number of aromatic nitrogens is 1. The average Bonchev–Trinajstić information content (AvgIpc) is 2.88. The predicted molar refractivity (Wildman–Crippen MR) is 78.0 cm³/mol. The highest BCUT2D eigenvalue weighted by molar-refractivity contribution is 7.14. The lowest BCUT2D eigenvalue weighted by molar-refractivity contribution is -0.118. The van der Waals surface area contributed by atoms with Crippen LogP contribution < -0.4 is 11.1 Å². The van der Waals surface area contributed by atoms with E-state index in [1.807, 2.05) is 0 Å². The largest absolute Gasteiger partial charge is 0.368 e. The lowest BCUT2D eigenvalue weighted by Gasteiger charge is -2.12. The Morgan fingerprint density at radius 1 is 1.38 bits per heavy atom. The Kier molecular flexibility index (Phi) is 4.49. The van der Waals surface area contributed by atoms with E-state index in [2.05, 4.69) is 10.3 Å². The summed E-state index contributed by atoms with van der Waals surface area (Å²) in [5, 5.41) is 5.04. The second-order valence-electron chi connectivity index (χ2n) is 4.30. The molecule has 110 valence electrons. The normalized spacial score (nSPS) is 10.2. The first kappa shape index (κ1) is 14.9. The molecule has 0 aliphatic rings. The van der Waals surface area contributed by atoms with E-state index in [4.69, 9.17) is 5.73 Å². The van der Waals surface area contributed by atoms with Crippen LogP contribution in [0.25, 0.3) is 0 Å². The van der Waals surface area contributed by atoms with Crippen LogP contribution in [0, 0.1) is 5.82 Å². The Morgan fingerprint density at radius 3 is 2.67 bits per heavy atom. The summed E-state index contributed by atoms with van der Waals surface area (Å²) in [6.07, 6.45) is 0. The highest BCUT2D eigenvalue weighted by Gasteiger charge is 2.16. The van der Waals surface area contributed by atoms with Crippen molar-refractivity contribution in [3.05, 3.63) is 41.2 Å². The van der Waals surface area contributed by atoms with Gasteiger partial charge < -0.3 is 16.0 Å². The fraction of sp³-hybridized carbons (Fsp3) is 0.154. The number of benzene rings is 1. The molecular weight excluding hydrogens is 295 g/mol. The van der Waals surface area contributed by atoms with E-state index < -0.39 is 11.8 Å². The number of nitrogens with zero attached hydrogens (tertiary/aromatic N) is 2. The summed E-state index contributed by atoms with van der Waals surface area (Å²) < 4.78 is 12.8. The molecule has 1 heterocycles. The van der Waals surface area contributed by atoms with Gasteiger partial charge >= 0.3 is 0 Å². The summed E-state index contributed by atoms with van der Waals surface area (Å²) in [5.74, 6) is -1.31. The van der Waals surface area contributed by atoms with Gasteiger partial charge in [0.05, 0.1) is 6.54 Å². The van der Waals surface area contributed by atoms with Gasteiger partial charge in [0, 0.05) is 18.1 Å². The zero-order chi connectivity index (χ0) is 15.4. The van der Waals surface area contributed by atoms with Crippen LogP contribution in [0.3, 0.4) is 0 Å². The van der Waals surface area contributed by atoms with Gasteiger partial charge in [-0.05, 0) is 24.3 Å². The Hall–Kier alpha value is -2.48. The Balaban J connectivity index is 2.05. The van der Waals surface area contributed by atoms with Crippen molar-refractivity contribution >= 4 is 34.0 Å². The molecule has 6 nitrogen and oxygen atoms in total. The average molecular weight is 308 g/mol. The van der Waals surface area contributed by atoms with Gasteiger partial charge in [0.2, 0.25) is 5.91 Å². The highest BCUT2D eigenvalue weighted by Crippen LogP contribution is 2.21. The number of hydrogen-bond acceptors (Lipinski definition) is 5. The van der Waals surface area contributed by atoms with Crippen LogP contribution in [0.15, 0.2) is 29.6 Å². The monoisotopic (exact) mass is 308 g/mol. The topological polar surface area (TPSA) is 88.3 Å². The van der Waals surface area contributed by atoms with Crippen molar-refractivity contribution in [1.29, 1.82) is 0 Å². The molecule has 2 rings (SSSR count). The van der Waals surface area contributed by atoms with Crippen molar-refractivity contribution in [1.82, 2.24) is 9.88 Å². The molecule has 0 atom stereocenters. The van der Waals surface area contributed by atoms with Crippen LogP contribution in [0.2, 0.25) is 0 Å². The van der Waals surface area contributed by atoms with Crippen molar-refractivity contribution < 1.29 is 14.0 Å². The first-order chi connectivity index (χ1) is 9.95. The third kappa shape index (κ3) is 3.99. The van der Waals surface area contributed by atoms with Gasteiger partial charge in [0.1, 0.15) is 11.5 Å². The summed E-state index contributed by atoms with van der Waals surface area (Å²) in [7, 11) is 1.47.